The van der Waals surface area contributed by atoms with Crippen molar-refractivity contribution in [3.63, 3.8) is 0 Å². The van der Waals surface area contributed by atoms with E-state index in [2.05, 4.69) is 28.3 Å². The van der Waals surface area contributed by atoms with Gasteiger partial charge in [-0.05, 0) is 24.5 Å². The summed E-state index contributed by atoms with van der Waals surface area (Å²) in [6, 6.07) is 5.92. The summed E-state index contributed by atoms with van der Waals surface area (Å²) in [6.07, 6.45) is 2.93. The summed E-state index contributed by atoms with van der Waals surface area (Å²) < 4.78 is 3.42. The van der Waals surface area contributed by atoms with Crippen molar-refractivity contribution in [1.29, 1.82) is 0 Å². The highest BCUT2D eigenvalue weighted by molar-refractivity contribution is 9.10. The van der Waals surface area contributed by atoms with Gasteiger partial charge in [-0.15, -0.1) is 23.1 Å². The molecule has 0 bridgehead atoms. The number of fused-ring (bicyclic) bond motifs is 1. The van der Waals surface area contributed by atoms with Gasteiger partial charge in [0.1, 0.15) is 6.29 Å². The average molecular weight is 287 g/mol. The number of halogens is 1. The predicted molar refractivity (Wildman–Crippen MR) is 66.7 cm³/mol. The first-order valence-corrected chi connectivity index (χ1v) is 6.80. The summed E-state index contributed by atoms with van der Waals surface area (Å²) in [5, 5.41) is 1.19. The van der Waals surface area contributed by atoms with E-state index in [1.165, 1.54) is 9.60 Å². The minimum Gasteiger partial charge on any atom is -0.298 e. The largest absolute Gasteiger partial charge is 0.298 e. The van der Waals surface area contributed by atoms with Crippen LogP contribution in [0.15, 0.2) is 26.9 Å². The van der Waals surface area contributed by atoms with Crippen LogP contribution in [0.4, 0.5) is 0 Å². The topological polar surface area (TPSA) is 17.1 Å². The van der Waals surface area contributed by atoms with Gasteiger partial charge in [-0.1, -0.05) is 15.9 Å². The summed E-state index contributed by atoms with van der Waals surface area (Å²) in [4.78, 5) is 10.7. The number of hydrogen-bond donors (Lipinski definition) is 0. The fourth-order valence-corrected chi connectivity index (χ4v) is 3.69. The zero-order valence-corrected chi connectivity index (χ0v) is 10.6. The zero-order chi connectivity index (χ0) is 10.1. The highest BCUT2D eigenvalue weighted by atomic mass is 79.9. The number of carbonyl (C=O) groups is 1. The molecule has 0 aliphatic carbocycles. The Morgan fingerprint density at radius 1 is 1.43 bits per heavy atom. The van der Waals surface area contributed by atoms with Crippen LogP contribution in [0.1, 0.15) is 10.4 Å². The van der Waals surface area contributed by atoms with E-state index in [1.54, 1.807) is 23.1 Å². The number of thioether (sulfide) groups is 1. The average Bonchev–Trinajstić information content (AvgIpc) is 2.61. The molecular weight excluding hydrogens is 280 g/mol. The molecule has 0 N–H and O–H groups in total. The Hall–Kier alpha value is -0.320. The molecule has 2 rings (SSSR count). The van der Waals surface area contributed by atoms with Crippen molar-refractivity contribution in [3.8, 4) is 0 Å². The lowest BCUT2D eigenvalue weighted by Crippen LogP contribution is -1.78. The minimum atomic E-state index is 0.721. The van der Waals surface area contributed by atoms with E-state index in [-0.39, 0.29) is 0 Å². The standard InChI is InChI=1S/C10H7BrOS2/c1-13-10-4-7-8(11)2-6(5-12)3-9(7)14-10/h2-5H,1H3. The van der Waals surface area contributed by atoms with E-state index in [0.717, 1.165) is 21.0 Å². The molecule has 2 aromatic rings. The van der Waals surface area contributed by atoms with Crippen molar-refractivity contribution in [2.45, 2.75) is 4.21 Å². The van der Waals surface area contributed by atoms with Gasteiger partial charge in [0.05, 0.1) is 4.21 Å². The van der Waals surface area contributed by atoms with Gasteiger partial charge >= 0.3 is 0 Å². The molecule has 0 radical (unpaired) electrons. The maximum absolute atomic E-state index is 10.7. The molecule has 4 heteroatoms. The quantitative estimate of drug-likeness (QED) is 0.608. The molecule has 14 heavy (non-hydrogen) atoms. The van der Waals surface area contributed by atoms with E-state index < -0.39 is 0 Å². The lowest BCUT2D eigenvalue weighted by Gasteiger charge is -1.94. The Labute approximate surface area is 98.6 Å². The van der Waals surface area contributed by atoms with Crippen LogP contribution in [0.25, 0.3) is 10.1 Å². The van der Waals surface area contributed by atoms with Crippen molar-refractivity contribution in [3.05, 3.63) is 28.2 Å². The van der Waals surface area contributed by atoms with Crippen molar-refractivity contribution >= 4 is 55.4 Å². The fraction of sp³-hybridized carbons (Fsp3) is 0.100. The molecule has 0 aliphatic rings. The SMILES string of the molecule is CSc1cc2c(Br)cc(C=O)cc2s1. The molecule has 1 aromatic carbocycles. The fourth-order valence-electron chi connectivity index (χ4n) is 1.26. The van der Waals surface area contributed by atoms with Gasteiger partial charge in [0.25, 0.3) is 0 Å². The van der Waals surface area contributed by atoms with Crippen LogP contribution in [0.2, 0.25) is 0 Å². The third kappa shape index (κ3) is 1.74. The first-order chi connectivity index (χ1) is 6.74. The zero-order valence-electron chi connectivity index (χ0n) is 7.41. The highest BCUT2D eigenvalue weighted by Crippen LogP contribution is 2.36. The van der Waals surface area contributed by atoms with Crippen LogP contribution < -0.4 is 0 Å². The van der Waals surface area contributed by atoms with Crippen molar-refractivity contribution in [2.24, 2.45) is 0 Å². The number of aldehydes is 1. The smallest absolute Gasteiger partial charge is 0.150 e. The first kappa shape index (κ1) is 10.2. The molecule has 0 aliphatic heterocycles. The number of hydrogen-bond acceptors (Lipinski definition) is 3. The van der Waals surface area contributed by atoms with Crippen molar-refractivity contribution in [2.75, 3.05) is 6.26 Å². The summed E-state index contributed by atoms with van der Waals surface area (Å²) in [6.45, 7) is 0. The van der Waals surface area contributed by atoms with E-state index in [0.29, 0.717) is 0 Å². The molecule has 0 amide bonds. The van der Waals surface area contributed by atoms with Gasteiger partial charge in [-0.3, -0.25) is 4.79 Å². The van der Waals surface area contributed by atoms with Crippen molar-refractivity contribution < 1.29 is 4.79 Å². The molecule has 72 valence electrons. The van der Waals surface area contributed by atoms with Crippen LogP contribution in [-0.2, 0) is 0 Å². The van der Waals surface area contributed by atoms with Gasteiger partial charge in [0.2, 0.25) is 0 Å². The van der Waals surface area contributed by atoms with E-state index in [9.17, 15) is 4.79 Å². The second-order valence-electron chi connectivity index (χ2n) is 2.80. The monoisotopic (exact) mass is 286 g/mol. The Bertz CT molecular complexity index is 490. The van der Waals surface area contributed by atoms with Crippen LogP contribution in [0.3, 0.4) is 0 Å². The molecule has 1 aromatic heterocycles. The normalized spacial score (nSPS) is 10.7. The van der Waals surface area contributed by atoms with Gasteiger partial charge in [-0.2, -0.15) is 0 Å². The van der Waals surface area contributed by atoms with Crippen molar-refractivity contribution in [1.82, 2.24) is 0 Å². The van der Waals surface area contributed by atoms with Crippen LogP contribution in [-0.4, -0.2) is 12.5 Å². The minimum absolute atomic E-state index is 0.721. The Balaban J connectivity index is 2.73. The van der Waals surface area contributed by atoms with Gasteiger partial charge < -0.3 is 0 Å². The van der Waals surface area contributed by atoms with Crippen LogP contribution in [0.5, 0.6) is 0 Å². The van der Waals surface area contributed by atoms with E-state index in [4.69, 9.17) is 0 Å². The second-order valence-corrected chi connectivity index (χ2v) is 5.85. The molecule has 0 unspecified atom stereocenters. The summed E-state index contributed by atoms with van der Waals surface area (Å²) in [5.41, 5.74) is 0.721. The Kier molecular flexibility index (Phi) is 2.95. The molecule has 0 atom stereocenters. The molecule has 1 nitrogen and oxygen atoms in total. The first-order valence-electron chi connectivity index (χ1n) is 3.97. The second kappa shape index (κ2) is 4.04. The highest BCUT2D eigenvalue weighted by Gasteiger charge is 2.06. The van der Waals surface area contributed by atoms with Gasteiger partial charge in [0.15, 0.2) is 0 Å². The molecule has 0 saturated carbocycles. The maximum Gasteiger partial charge on any atom is 0.150 e. The van der Waals surface area contributed by atoms with E-state index in [1.807, 2.05) is 12.1 Å². The van der Waals surface area contributed by atoms with Crippen LogP contribution >= 0.6 is 39.0 Å². The number of rotatable bonds is 2. The van der Waals surface area contributed by atoms with Gasteiger partial charge in [-0.25, -0.2) is 0 Å². The molecule has 0 spiro atoms. The number of thiophene rings is 1. The Morgan fingerprint density at radius 3 is 2.86 bits per heavy atom. The third-order valence-corrected chi connectivity index (χ3v) is 4.73. The molecule has 0 fully saturated rings. The Morgan fingerprint density at radius 2 is 2.21 bits per heavy atom. The lowest BCUT2D eigenvalue weighted by atomic mass is 10.2. The van der Waals surface area contributed by atoms with E-state index >= 15 is 0 Å². The number of carbonyl (C=O) groups excluding carboxylic acids is 1. The molecule has 1 heterocycles. The lowest BCUT2D eigenvalue weighted by molar-refractivity contribution is 0.112. The summed E-state index contributed by atoms with van der Waals surface area (Å²) in [5.74, 6) is 0. The predicted octanol–water partition coefficient (Wildman–Crippen LogP) is 4.20. The molecule has 0 saturated heterocycles. The third-order valence-electron chi connectivity index (χ3n) is 1.92. The number of benzene rings is 1. The molecular formula is C10H7BrOS2. The van der Waals surface area contributed by atoms with Crippen LogP contribution in [0, 0.1) is 0 Å². The summed E-state index contributed by atoms with van der Waals surface area (Å²) in [7, 11) is 0. The maximum atomic E-state index is 10.7. The summed E-state index contributed by atoms with van der Waals surface area (Å²) >= 11 is 6.91. The van der Waals surface area contributed by atoms with Gasteiger partial charge in [0, 0.05) is 20.1 Å².